The van der Waals surface area contributed by atoms with Crippen LogP contribution >= 0.6 is 0 Å². The van der Waals surface area contributed by atoms with Gasteiger partial charge in [0, 0.05) is 0 Å². The highest BCUT2D eigenvalue weighted by Crippen LogP contribution is 2.32. The van der Waals surface area contributed by atoms with Gasteiger partial charge in [0.1, 0.15) is 24.4 Å². The molecule has 82 valence electrons. The second kappa shape index (κ2) is 3.43. The first-order valence-electron chi connectivity index (χ1n) is 4.79. The highest BCUT2D eigenvalue weighted by molar-refractivity contribution is 4.94. The summed E-state index contributed by atoms with van der Waals surface area (Å²) in [6.07, 6.45) is -1.98. The van der Waals surface area contributed by atoms with E-state index in [0.29, 0.717) is 6.61 Å². The van der Waals surface area contributed by atoms with Gasteiger partial charge in [-0.25, -0.2) is 0 Å². The zero-order chi connectivity index (χ0) is 10.3. The van der Waals surface area contributed by atoms with Crippen molar-refractivity contribution in [3.63, 3.8) is 0 Å². The third kappa shape index (κ3) is 1.66. The third-order valence-electron chi connectivity index (χ3n) is 2.63. The largest absolute Gasteiger partial charge is 0.394 e. The van der Waals surface area contributed by atoms with Gasteiger partial charge in [0.15, 0.2) is 5.79 Å². The summed E-state index contributed by atoms with van der Waals surface area (Å²) in [7, 11) is 0. The maximum absolute atomic E-state index is 9.75. The molecule has 2 N–H and O–H groups in total. The summed E-state index contributed by atoms with van der Waals surface area (Å²) in [6.45, 7) is 3.79. The van der Waals surface area contributed by atoms with Gasteiger partial charge in [-0.1, -0.05) is 0 Å². The van der Waals surface area contributed by atoms with Gasteiger partial charge in [0.05, 0.1) is 13.2 Å². The third-order valence-corrected chi connectivity index (χ3v) is 2.63. The fourth-order valence-electron chi connectivity index (χ4n) is 1.89. The van der Waals surface area contributed by atoms with E-state index >= 15 is 0 Å². The quantitative estimate of drug-likeness (QED) is 0.588. The molecule has 4 atom stereocenters. The van der Waals surface area contributed by atoms with Crippen molar-refractivity contribution in [1.82, 2.24) is 0 Å². The minimum absolute atomic E-state index is 0.196. The van der Waals surface area contributed by atoms with Crippen LogP contribution < -0.4 is 0 Å². The monoisotopic (exact) mass is 204 g/mol. The van der Waals surface area contributed by atoms with Gasteiger partial charge in [-0.05, 0) is 13.8 Å². The molecule has 0 aromatic heterocycles. The van der Waals surface area contributed by atoms with Crippen molar-refractivity contribution in [3.05, 3.63) is 0 Å². The summed E-state index contributed by atoms with van der Waals surface area (Å²) in [5.41, 5.74) is 0. The molecule has 0 spiro atoms. The molecule has 0 bridgehead atoms. The van der Waals surface area contributed by atoms with Gasteiger partial charge in [-0.15, -0.1) is 0 Å². The van der Waals surface area contributed by atoms with E-state index in [0.717, 1.165) is 0 Å². The zero-order valence-electron chi connectivity index (χ0n) is 8.34. The maximum Gasteiger partial charge on any atom is 0.163 e. The summed E-state index contributed by atoms with van der Waals surface area (Å²) >= 11 is 0. The van der Waals surface area contributed by atoms with Crippen LogP contribution in [0.3, 0.4) is 0 Å². The smallest absolute Gasteiger partial charge is 0.163 e. The Balaban J connectivity index is 2.07. The van der Waals surface area contributed by atoms with Gasteiger partial charge in [-0.2, -0.15) is 0 Å². The van der Waals surface area contributed by atoms with Crippen LogP contribution in [0.15, 0.2) is 0 Å². The van der Waals surface area contributed by atoms with Crippen molar-refractivity contribution >= 4 is 0 Å². The zero-order valence-corrected chi connectivity index (χ0v) is 8.34. The number of aliphatic hydroxyl groups excluding tert-OH is 2. The van der Waals surface area contributed by atoms with Crippen LogP contribution in [-0.2, 0) is 14.2 Å². The summed E-state index contributed by atoms with van der Waals surface area (Å²) in [4.78, 5) is 0. The lowest BCUT2D eigenvalue weighted by molar-refractivity contribution is -0.300. The van der Waals surface area contributed by atoms with Crippen LogP contribution in [0.25, 0.3) is 0 Å². The highest BCUT2D eigenvalue weighted by atomic mass is 16.7. The van der Waals surface area contributed by atoms with Crippen molar-refractivity contribution < 1.29 is 24.4 Å². The Kier molecular flexibility index (Phi) is 2.53. The summed E-state index contributed by atoms with van der Waals surface area (Å²) in [6, 6.07) is 0. The molecule has 0 radical (unpaired) electrons. The van der Waals surface area contributed by atoms with E-state index in [1.54, 1.807) is 13.8 Å². The Labute approximate surface area is 82.6 Å². The van der Waals surface area contributed by atoms with E-state index in [-0.39, 0.29) is 12.7 Å². The lowest BCUT2D eigenvalue weighted by Gasteiger charge is -2.37. The Morgan fingerprint density at radius 2 is 2.14 bits per heavy atom. The minimum Gasteiger partial charge on any atom is -0.394 e. The normalized spacial score (nSPS) is 46.3. The number of fused-ring (bicyclic) bond motifs is 1. The Bertz CT molecular complexity index is 215. The first kappa shape index (κ1) is 10.3. The second-order valence-electron chi connectivity index (χ2n) is 4.18. The summed E-state index contributed by atoms with van der Waals surface area (Å²) < 4.78 is 16.3. The predicted molar refractivity (Wildman–Crippen MR) is 46.7 cm³/mol. The average molecular weight is 204 g/mol. The van der Waals surface area contributed by atoms with Crippen molar-refractivity contribution in [3.8, 4) is 0 Å². The van der Waals surface area contributed by atoms with E-state index in [4.69, 9.17) is 19.3 Å². The van der Waals surface area contributed by atoms with Crippen LogP contribution in [-0.4, -0.2) is 53.6 Å². The van der Waals surface area contributed by atoms with Crippen molar-refractivity contribution in [2.24, 2.45) is 0 Å². The minimum atomic E-state index is -0.770. The highest BCUT2D eigenvalue weighted by Gasteiger charge is 2.49. The molecular formula is C9H16O5. The second-order valence-corrected chi connectivity index (χ2v) is 4.18. The standard InChI is InChI=1S/C9H16O5/c1-9(2)12-4-6-8(14-9)7(11)5(3-10)13-6/h5-8,10-11H,3-4H2,1-2H3/t5-,6+,7-,8-/m1/s1. The van der Waals surface area contributed by atoms with Gasteiger partial charge in [0.2, 0.25) is 0 Å². The van der Waals surface area contributed by atoms with Crippen LogP contribution in [0.2, 0.25) is 0 Å². The molecule has 0 unspecified atom stereocenters. The van der Waals surface area contributed by atoms with Crippen LogP contribution in [0.5, 0.6) is 0 Å². The summed E-state index contributed by atoms with van der Waals surface area (Å²) in [5, 5.41) is 18.7. The molecule has 2 aliphatic heterocycles. The molecule has 5 nitrogen and oxygen atoms in total. The van der Waals surface area contributed by atoms with Crippen molar-refractivity contribution in [2.75, 3.05) is 13.2 Å². The molecule has 0 amide bonds. The SMILES string of the molecule is CC1(C)OC[C@@H]2O[C@H](CO)[C@@H](O)[C@@H]2O1. The molecule has 5 heteroatoms. The van der Waals surface area contributed by atoms with Crippen LogP contribution in [0.1, 0.15) is 13.8 Å². The molecule has 14 heavy (non-hydrogen) atoms. The van der Waals surface area contributed by atoms with Crippen molar-refractivity contribution in [2.45, 2.75) is 44.1 Å². The number of aliphatic hydroxyl groups is 2. The van der Waals surface area contributed by atoms with Gasteiger partial charge < -0.3 is 24.4 Å². The molecule has 0 aromatic rings. The number of hydrogen-bond donors (Lipinski definition) is 2. The van der Waals surface area contributed by atoms with E-state index in [9.17, 15) is 5.11 Å². The van der Waals surface area contributed by atoms with Crippen LogP contribution in [0.4, 0.5) is 0 Å². The van der Waals surface area contributed by atoms with E-state index in [1.807, 2.05) is 0 Å². The fraction of sp³-hybridized carbons (Fsp3) is 1.00. The Morgan fingerprint density at radius 1 is 1.43 bits per heavy atom. The number of rotatable bonds is 1. The fourth-order valence-corrected chi connectivity index (χ4v) is 1.89. The molecule has 0 saturated carbocycles. The molecule has 2 fully saturated rings. The van der Waals surface area contributed by atoms with E-state index in [1.165, 1.54) is 0 Å². The molecule has 0 aromatic carbocycles. The molecule has 2 heterocycles. The Hall–Kier alpha value is -0.200. The van der Waals surface area contributed by atoms with E-state index in [2.05, 4.69) is 0 Å². The van der Waals surface area contributed by atoms with Crippen LogP contribution in [0, 0.1) is 0 Å². The van der Waals surface area contributed by atoms with Gasteiger partial charge in [-0.3, -0.25) is 0 Å². The lowest BCUT2D eigenvalue weighted by atomic mass is 10.1. The molecule has 0 aliphatic carbocycles. The number of ether oxygens (including phenoxy) is 3. The summed E-state index contributed by atoms with van der Waals surface area (Å²) in [5.74, 6) is -0.685. The van der Waals surface area contributed by atoms with Crippen molar-refractivity contribution in [1.29, 1.82) is 0 Å². The van der Waals surface area contributed by atoms with Gasteiger partial charge in [0.25, 0.3) is 0 Å². The molecule has 2 saturated heterocycles. The molecular weight excluding hydrogens is 188 g/mol. The van der Waals surface area contributed by atoms with Gasteiger partial charge >= 0.3 is 0 Å². The first-order valence-corrected chi connectivity index (χ1v) is 4.79. The molecule has 2 rings (SSSR count). The predicted octanol–water partition coefficient (Wildman–Crippen LogP) is -0.742. The topological polar surface area (TPSA) is 68.2 Å². The average Bonchev–Trinajstić information content (AvgIpc) is 2.42. The first-order chi connectivity index (χ1) is 6.53. The van der Waals surface area contributed by atoms with E-state index < -0.39 is 24.1 Å². The maximum atomic E-state index is 9.75. The molecule has 2 aliphatic rings. The Morgan fingerprint density at radius 3 is 2.79 bits per heavy atom. The lowest BCUT2D eigenvalue weighted by Crippen LogP contribution is -2.50. The number of hydrogen-bond acceptors (Lipinski definition) is 5.